The summed E-state index contributed by atoms with van der Waals surface area (Å²) < 4.78 is 6.15. The minimum absolute atomic E-state index is 0.270. The Labute approximate surface area is 147 Å². The highest BCUT2D eigenvalue weighted by Crippen LogP contribution is 2.44. The summed E-state index contributed by atoms with van der Waals surface area (Å²) >= 11 is 0. The zero-order valence-corrected chi connectivity index (χ0v) is 15.2. The van der Waals surface area contributed by atoms with Gasteiger partial charge < -0.3 is 15.2 Å². The third kappa shape index (κ3) is 6.21. The first-order valence-electron chi connectivity index (χ1n) is 9.95. The van der Waals surface area contributed by atoms with Crippen molar-refractivity contribution in [1.29, 1.82) is 0 Å². The first kappa shape index (κ1) is 19.5. The van der Waals surface area contributed by atoms with Gasteiger partial charge in [-0.2, -0.15) is 0 Å². The van der Waals surface area contributed by atoms with Crippen LogP contribution in [0.2, 0.25) is 0 Å². The van der Waals surface area contributed by atoms with Crippen LogP contribution in [0.3, 0.4) is 0 Å². The summed E-state index contributed by atoms with van der Waals surface area (Å²) in [5, 5.41) is 12.3. The van der Waals surface area contributed by atoms with Gasteiger partial charge in [0.2, 0.25) is 0 Å². The summed E-state index contributed by atoms with van der Waals surface area (Å²) in [7, 11) is 0. The largest absolute Gasteiger partial charge is 0.481 e. The Kier molecular flexibility index (Phi) is 8.82. The van der Waals surface area contributed by atoms with Crippen LogP contribution in [0.5, 0.6) is 0 Å². The second-order valence-corrected chi connectivity index (χ2v) is 7.38. The molecule has 2 fully saturated rings. The number of nitrogens with one attached hydrogen (secondary N) is 1. The van der Waals surface area contributed by atoms with Crippen LogP contribution in [0.15, 0.2) is 12.2 Å². The normalized spacial score (nSPS) is 28.9. The molecule has 0 radical (unpaired) electrons. The summed E-state index contributed by atoms with van der Waals surface area (Å²) in [6.07, 6.45) is 16.0. The van der Waals surface area contributed by atoms with E-state index in [2.05, 4.69) is 24.4 Å². The van der Waals surface area contributed by atoms with Gasteiger partial charge in [0.05, 0.1) is 12.2 Å². The van der Waals surface area contributed by atoms with Gasteiger partial charge in [-0.05, 0) is 51.0 Å². The zero-order chi connectivity index (χ0) is 17.2. The van der Waals surface area contributed by atoms with Crippen molar-refractivity contribution in [3.63, 3.8) is 0 Å². The summed E-state index contributed by atoms with van der Waals surface area (Å²) in [6, 6.07) is 0. The first-order valence-corrected chi connectivity index (χ1v) is 9.95. The number of hydrogen-bond acceptors (Lipinski definition) is 3. The van der Waals surface area contributed by atoms with Gasteiger partial charge in [0.25, 0.3) is 0 Å². The number of carboxylic acids is 1. The molecule has 2 N–H and O–H groups in total. The van der Waals surface area contributed by atoms with Crippen LogP contribution in [0.25, 0.3) is 0 Å². The molecule has 1 unspecified atom stereocenters. The van der Waals surface area contributed by atoms with Crippen LogP contribution in [0.1, 0.15) is 71.1 Å². The second-order valence-electron chi connectivity index (χ2n) is 7.38. The van der Waals surface area contributed by atoms with E-state index in [9.17, 15) is 4.79 Å². The maximum atomic E-state index is 10.5. The van der Waals surface area contributed by atoms with Gasteiger partial charge in [-0.3, -0.25) is 4.79 Å². The van der Waals surface area contributed by atoms with Crippen LogP contribution < -0.4 is 5.32 Å². The van der Waals surface area contributed by atoms with Crippen molar-refractivity contribution in [1.82, 2.24) is 5.32 Å². The fourth-order valence-corrected chi connectivity index (χ4v) is 4.17. The van der Waals surface area contributed by atoms with Crippen molar-refractivity contribution in [3.8, 4) is 0 Å². The average Bonchev–Trinajstić information content (AvgIpc) is 3.15. The number of carboxylic acid groups (broad SMARTS) is 1. The van der Waals surface area contributed by atoms with Crippen LogP contribution >= 0.6 is 0 Å². The second kappa shape index (κ2) is 10.9. The molecule has 2 bridgehead atoms. The highest BCUT2D eigenvalue weighted by molar-refractivity contribution is 5.66. The maximum absolute atomic E-state index is 10.5. The van der Waals surface area contributed by atoms with Crippen molar-refractivity contribution in [2.24, 2.45) is 11.8 Å². The Morgan fingerprint density at radius 3 is 2.67 bits per heavy atom. The molecule has 0 aromatic heterocycles. The van der Waals surface area contributed by atoms with Gasteiger partial charge >= 0.3 is 5.97 Å². The molecule has 2 heterocycles. The van der Waals surface area contributed by atoms with Gasteiger partial charge in [-0.25, -0.2) is 0 Å². The fraction of sp³-hybridized carbons (Fsp3) is 0.850. The molecule has 0 spiro atoms. The lowest BCUT2D eigenvalue weighted by Crippen LogP contribution is -2.35. The van der Waals surface area contributed by atoms with Crippen molar-refractivity contribution >= 4 is 5.97 Å². The van der Waals surface area contributed by atoms with Crippen molar-refractivity contribution in [2.75, 3.05) is 13.1 Å². The molecule has 4 atom stereocenters. The molecule has 0 aromatic rings. The molecule has 2 saturated heterocycles. The van der Waals surface area contributed by atoms with E-state index in [1.807, 2.05) is 0 Å². The standard InChI is InChI=1S/C20H35NO3/c1-2-3-4-9-14-21-15-17-16(18-12-13-19(17)24-18)10-7-5-6-8-11-20(22)23/h5,7,16-19,21H,2-4,6,8-15H2,1H3,(H,22,23)/b7-5-/t16-,17?,18+,19-/m1/s1. The van der Waals surface area contributed by atoms with E-state index >= 15 is 0 Å². The van der Waals surface area contributed by atoms with E-state index in [4.69, 9.17) is 9.84 Å². The third-order valence-electron chi connectivity index (χ3n) is 5.51. The molecule has 4 nitrogen and oxygen atoms in total. The number of carbonyl (C=O) groups is 1. The van der Waals surface area contributed by atoms with Crippen molar-refractivity contribution in [2.45, 2.75) is 83.3 Å². The Morgan fingerprint density at radius 2 is 1.92 bits per heavy atom. The highest BCUT2D eigenvalue weighted by Gasteiger charge is 2.47. The van der Waals surface area contributed by atoms with Crippen molar-refractivity contribution in [3.05, 3.63) is 12.2 Å². The highest BCUT2D eigenvalue weighted by atomic mass is 16.5. The summed E-state index contributed by atoms with van der Waals surface area (Å²) in [4.78, 5) is 10.5. The number of ether oxygens (including phenoxy) is 1. The molecule has 0 aromatic carbocycles. The van der Waals surface area contributed by atoms with Gasteiger partial charge in [0.1, 0.15) is 0 Å². The monoisotopic (exact) mass is 337 g/mol. The number of hydrogen-bond donors (Lipinski definition) is 2. The number of fused-ring (bicyclic) bond motifs is 2. The lowest BCUT2D eigenvalue weighted by Gasteiger charge is -2.27. The van der Waals surface area contributed by atoms with E-state index in [0.717, 1.165) is 32.4 Å². The van der Waals surface area contributed by atoms with Gasteiger partial charge in [-0.1, -0.05) is 38.3 Å². The Bertz CT molecular complexity index is 396. The molecule has 4 heteroatoms. The van der Waals surface area contributed by atoms with Crippen LogP contribution in [-0.4, -0.2) is 36.4 Å². The molecular weight excluding hydrogens is 302 g/mol. The summed E-state index contributed by atoms with van der Waals surface area (Å²) in [5.74, 6) is 0.594. The molecule has 0 aliphatic carbocycles. The molecule has 138 valence electrons. The summed E-state index contributed by atoms with van der Waals surface area (Å²) in [5.41, 5.74) is 0. The lowest BCUT2D eigenvalue weighted by molar-refractivity contribution is -0.137. The van der Waals surface area contributed by atoms with Crippen molar-refractivity contribution < 1.29 is 14.6 Å². The molecule has 2 rings (SSSR count). The quantitative estimate of drug-likeness (QED) is 0.391. The minimum atomic E-state index is -0.699. The Hall–Kier alpha value is -0.870. The van der Waals surface area contributed by atoms with Gasteiger partial charge in [0.15, 0.2) is 0 Å². The number of allylic oxidation sites excluding steroid dienone is 2. The smallest absolute Gasteiger partial charge is 0.303 e. The number of aliphatic carboxylic acids is 1. The molecule has 0 saturated carbocycles. The Balaban J connectivity index is 1.65. The van der Waals surface area contributed by atoms with E-state index in [-0.39, 0.29) is 6.42 Å². The van der Waals surface area contributed by atoms with E-state index in [1.54, 1.807) is 0 Å². The molecule has 2 aliphatic heterocycles. The van der Waals surface area contributed by atoms with E-state index in [1.165, 1.54) is 38.5 Å². The maximum Gasteiger partial charge on any atom is 0.303 e. The molecule has 0 amide bonds. The van der Waals surface area contributed by atoms with E-state index < -0.39 is 5.97 Å². The first-order chi connectivity index (χ1) is 11.7. The van der Waals surface area contributed by atoms with Crippen LogP contribution in [0.4, 0.5) is 0 Å². The molecule has 24 heavy (non-hydrogen) atoms. The lowest BCUT2D eigenvalue weighted by atomic mass is 9.77. The van der Waals surface area contributed by atoms with Gasteiger partial charge in [0, 0.05) is 18.9 Å². The van der Waals surface area contributed by atoms with E-state index in [0.29, 0.717) is 24.0 Å². The minimum Gasteiger partial charge on any atom is -0.481 e. The molecule has 2 aliphatic rings. The third-order valence-corrected chi connectivity index (χ3v) is 5.51. The fourth-order valence-electron chi connectivity index (χ4n) is 4.17. The predicted molar refractivity (Wildman–Crippen MR) is 97.1 cm³/mol. The summed E-state index contributed by atoms with van der Waals surface area (Å²) in [6.45, 7) is 4.47. The van der Waals surface area contributed by atoms with Crippen LogP contribution in [0, 0.1) is 11.8 Å². The topological polar surface area (TPSA) is 58.6 Å². The number of rotatable bonds is 13. The zero-order valence-electron chi connectivity index (χ0n) is 15.2. The molecular formula is C20H35NO3. The number of unbranched alkanes of at least 4 members (excludes halogenated alkanes) is 4. The predicted octanol–water partition coefficient (Wildman–Crippen LogP) is 4.15. The Morgan fingerprint density at radius 1 is 1.12 bits per heavy atom. The average molecular weight is 338 g/mol. The van der Waals surface area contributed by atoms with Gasteiger partial charge in [-0.15, -0.1) is 0 Å². The van der Waals surface area contributed by atoms with Crippen LogP contribution in [-0.2, 0) is 9.53 Å². The SMILES string of the molecule is CCCCCCNCC1[C@@H](C/C=C\CCCC(=O)O)[C@@H]2CC[C@H]1O2.